The first kappa shape index (κ1) is 22.0. The summed E-state index contributed by atoms with van der Waals surface area (Å²) < 4.78 is 10.3. The van der Waals surface area contributed by atoms with Gasteiger partial charge in [-0.2, -0.15) is 0 Å². The fourth-order valence-corrected chi connectivity index (χ4v) is 4.28. The highest BCUT2D eigenvalue weighted by molar-refractivity contribution is 5.91. The number of benzene rings is 2. The minimum Gasteiger partial charge on any atom is -0.465 e. The highest BCUT2D eigenvalue weighted by Gasteiger charge is 2.18. The Labute approximate surface area is 196 Å². The molecule has 3 N–H and O–H groups in total. The number of ether oxygens (including phenoxy) is 2. The van der Waals surface area contributed by atoms with Gasteiger partial charge in [-0.3, -0.25) is 9.80 Å². The molecule has 0 bridgehead atoms. The number of hydrogen-bond acceptors (Lipinski definition) is 8. The van der Waals surface area contributed by atoms with Crippen molar-refractivity contribution in [3.05, 3.63) is 81.6 Å². The predicted molar refractivity (Wildman–Crippen MR) is 130 cm³/mol. The van der Waals surface area contributed by atoms with Gasteiger partial charge < -0.3 is 24.8 Å². The van der Waals surface area contributed by atoms with E-state index in [-0.39, 0.29) is 11.4 Å². The number of pyridine rings is 1. The summed E-state index contributed by atoms with van der Waals surface area (Å²) in [5.74, 6) is 0.455. The number of aromatic amines is 1. The number of hydrazine groups is 2. The van der Waals surface area contributed by atoms with E-state index in [4.69, 9.17) is 9.47 Å². The van der Waals surface area contributed by atoms with Crippen molar-refractivity contribution in [2.24, 2.45) is 0 Å². The number of anilines is 1. The number of rotatable bonds is 5. The number of methoxy groups -OCH3 is 1. The fraction of sp³-hybridized carbons (Fsp3) is 0.280. The second-order valence-corrected chi connectivity index (χ2v) is 8.30. The maximum atomic E-state index is 12.9. The van der Waals surface area contributed by atoms with E-state index in [0.717, 1.165) is 54.3 Å². The number of esters is 1. The molecule has 34 heavy (non-hydrogen) atoms. The van der Waals surface area contributed by atoms with Crippen LogP contribution < -0.4 is 21.3 Å². The highest BCUT2D eigenvalue weighted by Crippen LogP contribution is 2.25. The molecule has 0 atom stereocenters. The second-order valence-electron chi connectivity index (χ2n) is 8.30. The lowest BCUT2D eigenvalue weighted by atomic mass is 10.1. The molecule has 9 heteroatoms. The minimum atomic E-state index is -0.355. The van der Waals surface area contributed by atoms with Crippen LogP contribution in [0.15, 0.2) is 59.5 Å². The average molecular weight is 462 g/mol. The molecule has 3 heterocycles. The topological polar surface area (TPSA) is 98.9 Å². The van der Waals surface area contributed by atoms with Gasteiger partial charge in [0.25, 0.3) is 0 Å². The zero-order chi connectivity index (χ0) is 23.5. The Kier molecular flexibility index (Phi) is 6.20. The molecular formula is C25H27N5O4. The summed E-state index contributed by atoms with van der Waals surface area (Å²) in [5.41, 5.74) is 10.4. The van der Waals surface area contributed by atoms with Crippen LogP contribution in [0.5, 0.6) is 0 Å². The number of hydrogen-bond donors (Lipinski definition) is 3. The van der Waals surface area contributed by atoms with Gasteiger partial charge in [0, 0.05) is 42.9 Å². The third-order valence-corrected chi connectivity index (χ3v) is 6.05. The lowest BCUT2D eigenvalue weighted by Gasteiger charge is -2.22. The largest absolute Gasteiger partial charge is 0.465 e. The fourth-order valence-electron chi connectivity index (χ4n) is 4.28. The Balaban J connectivity index is 1.41. The molecule has 1 aromatic heterocycles. The van der Waals surface area contributed by atoms with Gasteiger partial charge in [0.05, 0.1) is 37.0 Å². The van der Waals surface area contributed by atoms with Crippen molar-refractivity contribution in [2.45, 2.75) is 13.0 Å². The molecule has 5 rings (SSSR count). The summed E-state index contributed by atoms with van der Waals surface area (Å²) in [4.78, 5) is 30.2. The first-order chi connectivity index (χ1) is 16.6. The van der Waals surface area contributed by atoms with Gasteiger partial charge >= 0.3 is 5.97 Å². The molecule has 0 spiro atoms. The maximum Gasteiger partial charge on any atom is 0.337 e. The summed E-state index contributed by atoms with van der Waals surface area (Å²) in [5, 5.41) is 2.56. The molecule has 2 aliphatic heterocycles. The Morgan fingerprint density at radius 3 is 2.79 bits per heavy atom. The monoisotopic (exact) mass is 461 g/mol. The Morgan fingerprint density at radius 1 is 1.12 bits per heavy atom. The number of aromatic nitrogens is 1. The second kappa shape index (κ2) is 9.58. The van der Waals surface area contributed by atoms with Crippen LogP contribution in [-0.2, 0) is 16.0 Å². The molecule has 0 amide bonds. The molecule has 0 unspecified atom stereocenters. The molecule has 0 radical (unpaired) electrons. The van der Waals surface area contributed by atoms with Crippen LogP contribution in [-0.4, -0.2) is 49.4 Å². The smallest absolute Gasteiger partial charge is 0.337 e. The number of nitrogens with zero attached hydrogens (tertiary/aromatic N) is 2. The van der Waals surface area contributed by atoms with Gasteiger partial charge in [0.2, 0.25) is 0 Å². The summed E-state index contributed by atoms with van der Waals surface area (Å²) >= 11 is 0. The van der Waals surface area contributed by atoms with Crippen molar-refractivity contribution in [1.82, 2.24) is 21.0 Å². The van der Waals surface area contributed by atoms with E-state index < -0.39 is 0 Å². The van der Waals surface area contributed by atoms with Gasteiger partial charge in [0.15, 0.2) is 5.43 Å². The average Bonchev–Trinajstić information content (AvgIpc) is 3.15. The van der Waals surface area contributed by atoms with Crippen LogP contribution in [0.4, 0.5) is 5.82 Å². The molecule has 0 aliphatic carbocycles. The molecule has 1 fully saturated rings. The van der Waals surface area contributed by atoms with E-state index in [1.807, 2.05) is 41.5 Å². The van der Waals surface area contributed by atoms with Crippen LogP contribution in [0.2, 0.25) is 0 Å². The highest BCUT2D eigenvalue weighted by atomic mass is 16.5. The van der Waals surface area contributed by atoms with Crippen LogP contribution in [0, 0.1) is 0 Å². The van der Waals surface area contributed by atoms with E-state index in [9.17, 15) is 9.59 Å². The van der Waals surface area contributed by atoms with Crippen LogP contribution in [0.1, 0.15) is 27.9 Å². The van der Waals surface area contributed by atoms with Crippen molar-refractivity contribution in [2.75, 3.05) is 38.3 Å². The van der Waals surface area contributed by atoms with E-state index in [2.05, 4.69) is 20.8 Å². The van der Waals surface area contributed by atoms with Crippen LogP contribution >= 0.6 is 0 Å². The van der Waals surface area contributed by atoms with E-state index in [0.29, 0.717) is 24.1 Å². The third kappa shape index (κ3) is 4.48. The number of fused-ring (bicyclic) bond motifs is 1. The Hall–Kier alpha value is -3.82. The van der Waals surface area contributed by atoms with Crippen LogP contribution in [0.25, 0.3) is 16.6 Å². The lowest BCUT2D eigenvalue weighted by Crippen LogP contribution is -2.35. The summed E-state index contributed by atoms with van der Waals surface area (Å²) in [6.45, 7) is 3.55. The minimum absolute atomic E-state index is 0.00938. The van der Waals surface area contributed by atoms with E-state index >= 15 is 0 Å². The molecule has 9 nitrogen and oxygen atoms in total. The van der Waals surface area contributed by atoms with Crippen molar-refractivity contribution in [3.8, 4) is 0 Å². The molecule has 1 saturated heterocycles. The van der Waals surface area contributed by atoms with Gasteiger partial charge in [-0.1, -0.05) is 24.3 Å². The lowest BCUT2D eigenvalue weighted by molar-refractivity contribution is 0.0600. The Morgan fingerprint density at radius 2 is 1.97 bits per heavy atom. The zero-order valence-electron chi connectivity index (χ0n) is 19.0. The zero-order valence-corrected chi connectivity index (χ0v) is 19.0. The van der Waals surface area contributed by atoms with E-state index in [1.165, 1.54) is 7.11 Å². The summed E-state index contributed by atoms with van der Waals surface area (Å²) in [6.07, 6.45) is 2.89. The summed E-state index contributed by atoms with van der Waals surface area (Å²) in [6, 6.07) is 14.7. The van der Waals surface area contributed by atoms with Crippen molar-refractivity contribution >= 4 is 28.4 Å². The third-order valence-electron chi connectivity index (χ3n) is 6.05. The number of H-pyrrole nitrogens is 1. The van der Waals surface area contributed by atoms with Gasteiger partial charge in [-0.15, -0.1) is 5.53 Å². The van der Waals surface area contributed by atoms with Crippen molar-refractivity contribution in [1.29, 1.82) is 0 Å². The Bertz CT molecular complexity index is 1280. The number of nitrogens with one attached hydrogen (secondary N) is 3. The molecule has 2 aliphatic rings. The molecule has 0 saturated carbocycles. The first-order valence-corrected chi connectivity index (χ1v) is 11.3. The SMILES string of the molecule is COC(=O)c1ccc(CN2C=C(c3cccc4c(=O)cc(N5CCCOCC5)[nH]c34)NN2)cc1. The van der Waals surface area contributed by atoms with Crippen LogP contribution in [0.3, 0.4) is 0 Å². The normalized spacial score (nSPS) is 16.2. The van der Waals surface area contributed by atoms with Gasteiger partial charge in [-0.25, -0.2) is 4.79 Å². The molecule has 3 aromatic rings. The quantitative estimate of drug-likeness (QED) is 0.498. The predicted octanol–water partition coefficient (Wildman–Crippen LogP) is 2.36. The van der Waals surface area contributed by atoms with Gasteiger partial charge in [0.1, 0.15) is 5.82 Å². The molecule has 176 valence electrons. The maximum absolute atomic E-state index is 12.9. The molecule has 2 aromatic carbocycles. The summed E-state index contributed by atoms with van der Waals surface area (Å²) in [7, 11) is 1.37. The van der Waals surface area contributed by atoms with Gasteiger partial charge in [-0.05, 0) is 30.2 Å². The standard InChI is InChI=1S/C25H27N5O4/c1-33-25(32)18-8-6-17(7-9-18)15-30-16-21(27-28-30)19-4-2-5-20-22(31)14-23(26-24(19)20)29-10-3-12-34-13-11-29/h2,4-9,14,16,27-28H,3,10-13,15H2,1H3,(H,26,31). The van der Waals surface area contributed by atoms with Crippen molar-refractivity contribution in [3.63, 3.8) is 0 Å². The number of carbonyl (C=O) groups is 1. The van der Waals surface area contributed by atoms with E-state index in [1.54, 1.807) is 18.2 Å². The van der Waals surface area contributed by atoms with Crippen molar-refractivity contribution < 1.29 is 14.3 Å². The number of carbonyl (C=O) groups excluding carboxylic acids is 1. The molecular weight excluding hydrogens is 434 g/mol. The number of para-hydroxylation sites is 1. The first-order valence-electron chi connectivity index (χ1n) is 11.3.